The number of anilines is 1. The Bertz CT molecular complexity index is 480. The number of carbonyl (C=O) groups is 2. The van der Waals surface area contributed by atoms with Gasteiger partial charge in [-0.3, -0.25) is 14.9 Å². The summed E-state index contributed by atoms with van der Waals surface area (Å²) in [5, 5.41) is 5.58. The second kappa shape index (κ2) is 5.71. The Morgan fingerprint density at radius 1 is 1.47 bits per heavy atom. The number of hydrogen-bond donors (Lipinski definition) is 2. The lowest BCUT2D eigenvalue weighted by Gasteiger charge is -2.27. The van der Waals surface area contributed by atoms with Gasteiger partial charge in [-0.25, -0.2) is 0 Å². The van der Waals surface area contributed by atoms with Crippen molar-refractivity contribution in [3.8, 4) is 5.75 Å². The van der Waals surface area contributed by atoms with Crippen molar-refractivity contribution in [3.63, 3.8) is 0 Å². The minimum Gasteiger partial charge on any atom is -0.497 e. The maximum atomic E-state index is 12.3. The number of likely N-dealkylation sites (N-methyl/N-ethyl adjacent to an activating group) is 1. The summed E-state index contributed by atoms with van der Waals surface area (Å²) in [6, 6.07) is 6.88. The van der Waals surface area contributed by atoms with E-state index in [1.165, 1.54) is 0 Å². The Morgan fingerprint density at radius 3 is 2.89 bits per heavy atom. The third kappa shape index (κ3) is 3.03. The van der Waals surface area contributed by atoms with E-state index in [-0.39, 0.29) is 18.4 Å². The van der Waals surface area contributed by atoms with E-state index in [4.69, 9.17) is 4.74 Å². The van der Waals surface area contributed by atoms with Gasteiger partial charge in [0.2, 0.25) is 11.8 Å². The first-order valence-corrected chi connectivity index (χ1v) is 6.03. The predicted octanol–water partition coefficient (Wildman–Crippen LogP) is -0.254. The van der Waals surface area contributed by atoms with Gasteiger partial charge in [-0.15, -0.1) is 0 Å². The fourth-order valence-electron chi connectivity index (χ4n) is 1.92. The largest absolute Gasteiger partial charge is 0.497 e. The van der Waals surface area contributed by atoms with E-state index >= 15 is 0 Å². The summed E-state index contributed by atoms with van der Waals surface area (Å²) in [4.78, 5) is 24.9. The van der Waals surface area contributed by atoms with Crippen LogP contribution in [-0.4, -0.2) is 45.1 Å². The summed E-state index contributed by atoms with van der Waals surface area (Å²) in [5.41, 5.74) is 0.753. The molecule has 0 saturated carbocycles. The number of ether oxygens (including phenoxy) is 1. The molecule has 2 rings (SSSR count). The van der Waals surface area contributed by atoms with Gasteiger partial charge in [-0.1, -0.05) is 6.07 Å². The summed E-state index contributed by atoms with van der Waals surface area (Å²) in [7, 11) is 3.29. The summed E-state index contributed by atoms with van der Waals surface area (Å²) < 4.78 is 5.13. The van der Waals surface area contributed by atoms with Crippen molar-refractivity contribution in [2.45, 2.75) is 6.04 Å². The highest BCUT2D eigenvalue weighted by molar-refractivity contribution is 5.98. The standard InChI is InChI=1S/C13H17N3O3/c1-16(9-4-3-5-10(6-9)19-2)13(18)11-7-15-12(17)8-14-11/h3-6,11,14H,7-8H2,1-2H3,(H,15,17). The molecule has 1 unspecified atom stereocenters. The minimum absolute atomic E-state index is 0.0896. The van der Waals surface area contributed by atoms with E-state index in [0.717, 1.165) is 5.69 Å². The zero-order valence-electron chi connectivity index (χ0n) is 11.0. The second-order valence-electron chi connectivity index (χ2n) is 4.34. The molecule has 0 aliphatic carbocycles. The first-order chi connectivity index (χ1) is 9.11. The molecule has 0 bridgehead atoms. The molecule has 0 aromatic heterocycles. The highest BCUT2D eigenvalue weighted by atomic mass is 16.5. The van der Waals surface area contributed by atoms with Gasteiger partial charge in [0.25, 0.3) is 0 Å². The first kappa shape index (κ1) is 13.4. The quantitative estimate of drug-likeness (QED) is 0.788. The van der Waals surface area contributed by atoms with Crippen molar-refractivity contribution in [2.24, 2.45) is 0 Å². The van der Waals surface area contributed by atoms with E-state index in [1.807, 2.05) is 18.2 Å². The molecule has 2 amide bonds. The van der Waals surface area contributed by atoms with Crippen LogP contribution < -0.4 is 20.3 Å². The normalized spacial score (nSPS) is 18.6. The molecule has 1 saturated heterocycles. The van der Waals surface area contributed by atoms with Crippen LogP contribution in [0.5, 0.6) is 5.75 Å². The molecule has 1 aromatic carbocycles. The van der Waals surface area contributed by atoms with Gasteiger partial charge in [0, 0.05) is 25.3 Å². The van der Waals surface area contributed by atoms with Crippen molar-refractivity contribution in [1.29, 1.82) is 0 Å². The Balaban J connectivity index is 2.07. The number of nitrogens with one attached hydrogen (secondary N) is 2. The molecule has 0 radical (unpaired) electrons. The van der Waals surface area contributed by atoms with Crippen LogP contribution in [0.25, 0.3) is 0 Å². The Kier molecular flexibility index (Phi) is 4.01. The molecule has 1 atom stereocenters. The molecule has 1 aliphatic heterocycles. The molecule has 19 heavy (non-hydrogen) atoms. The van der Waals surface area contributed by atoms with Crippen LogP contribution in [-0.2, 0) is 9.59 Å². The summed E-state index contributed by atoms with van der Waals surface area (Å²) in [5.74, 6) is 0.517. The Labute approximate surface area is 111 Å². The topological polar surface area (TPSA) is 70.7 Å². The number of carbonyl (C=O) groups excluding carboxylic acids is 2. The molecule has 0 spiro atoms. The number of piperazine rings is 1. The molecule has 2 N–H and O–H groups in total. The van der Waals surface area contributed by atoms with Crippen LogP contribution in [0, 0.1) is 0 Å². The number of nitrogens with zero attached hydrogens (tertiary/aromatic N) is 1. The summed E-state index contributed by atoms with van der Waals surface area (Å²) >= 11 is 0. The zero-order chi connectivity index (χ0) is 13.8. The van der Waals surface area contributed by atoms with Crippen molar-refractivity contribution in [1.82, 2.24) is 10.6 Å². The highest BCUT2D eigenvalue weighted by Crippen LogP contribution is 2.20. The average molecular weight is 263 g/mol. The van der Waals surface area contributed by atoms with Gasteiger partial charge in [0.05, 0.1) is 13.7 Å². The molecular formula is C13H17N3O3. The summed E-state index contributed by atoms with van der Waals surface area (Å²) in [6.45, 7) is 0.480. The molecule has 1 heterocycles. The van der Waals surface area contributed by atoms with E-state index < -0.39 is 6.04 Å². The lowest BCUT2D eigenvalue weighted by Crippen LogP contribution is -2.58. The Hall–Kier alpha value is -2.08. The van der Waals surface area contributed by atoms with E-state index in [2.05, 4.69) is 10.6 Å². The maximum absolute atomic E-state index is 12.3. The lowest BCUT2D eigenvalue weighted by atomic mass is 10.2. The molecule has 1 aliphatic rings. The molecular weight excluding hydrogens is 246 g/mol. The van der Waals surface area contributed by atoms with Crippen LogP contribution in [0.15, 0.2) is 24.3 Å². The number of hydrogen-bond acceptors (Lipinski definition) is 4. The number of benzene rings is 1. The maximum Gasteiger partial charge on any atom is 0.245 e. The number of rotatable bonds is 3. The van der Waals surface area contributed by atoms with Crippen LogP contribution in [0.2, 0.25) is 0 Å². The monoisotopic (exact) mass is 263 g/mol. The van der Waals surface area contributed by atoms with Crippen molar-refractivity contribution >= 4 is 17.5 Å². The van der Waals surface area contributed by atoms with Crippen molar-refractivity contribution < 1.29 is 14.3 Å². The predicted molar refractivity (Wildman–Crippen MR) is 71.2 cm³/mol. The fraction of sp³-hybridized carbons (Fsp3) is 0.385. The zero-order valence-corrected chi connectivity index (χ0v) is 11.0. The highest BCUT2D eigenvalue weighted by Gasteiger charge is 2.26. The van der Waals surface area contributed by atoms with Gasteiger partial charge in [-0.2, -0.15) is 0 Å². The van der Waals surface area contributed by atoms with Crippen molar-refractivity contribution in [2.75, 3.05) is 32.1 Å². The van der Waals surface area contributed by atoms with Crippen LogP contribution in [0.1, 0.15) is 0 Å². The SMILES string of the molecule is COc1cccc(N(C)C(=O)C2CNC(=O)CN2)c1. The van der Waals surface area contributed by atoms with Gasteiger partial charge >= 0.3 is 0 Å². The smallest absolute Gasteiger partial charge is 0.245 e. The van der Waals surface area contributed by atoms with Crippen LogP contribution in [0.3, 0.4) is 0 Å². The minimum atomic E-state index is -0.395. The molecule has 6 nitrogen and oxygen atoms in total. The van der Waals surface area contributed by atoms with E-state index in [1.54, 1.807) is 25.1 Å². The fourth-order valence-corrected chi connectivity index (χ4v) is 1.92. The second-order valence-corrected chi connectivity index (χ2v) is 4.34. The van der Waals surface area contributed by atoms with Gasteiger partial charge in [0.1, 0.15) is 11.8 Å². The van der Waals surface area contributed by atoms with Gasteiger partial charge < -0.3 is 15.0 Å². The average Bonchev–Trinajstić information content (AvgIpc) is 2.46. The molecule has 102 valence electrons. The van der Waals surface area contributed by atoms with Crippen molar-refractivity contribution in [3.05, 3.63) is 24.3 Å². The molecule has 1 aromatic rings. The lowest BCUT2D eigenvalue weighted by molar-refractivity contribution is -0.125. The van der Waals surface area contributed by atoms with E-state index in [9.17, 15) is 9.59 Å². The third-order valence-electron chi connectivity index (χ3n) is 3.08. The number of methoxy groups -OCH3 is 1. The summed E-state index contributed by atoms with van der Waals surface area (Å²) in [6.07, 6.45) is 0. The van der Waals surface area contributed by atoms with Crippen LogP contribution >= 0.6 is 0 Å². The first-order valence-electron chi connectivity index (χ1n) is 6.03. The Morgan fingerprint density at radius 2 is 2.26 bits per heavy atom. The van der Waals surface area contributed by atoms with E-state index in [0.29, 0.717) is 12.3 Å². The van der Waals surface area contributed by atoms with Gasteiger partial charge in [-0.05, 0) is 12.1 Å². The number of amides is 2. The third-order valence-corrected chi connectivity index (χ3v) is 3.08. The molecule has 6 heteroatoms. The van der Waals surface area contributed by atoms with Crippen LogP contribution in [0.4, 0.5) is 5.69 Å². The van der Waals surface area contributed by atoms with Gasteiger partial charge in [0.15, 0.2) is 0 Å². The molecule has 1 fully saturated rings.